The lowest BCUT2D eigenvalue weighted by Gasteiger charge is -2.36. The Labute approximate surface area is 186 Å². The summed E-state index contributed by atoms with van der Waals surface area (Å²) in [5, 5.41) is 12.4. The van der Waals surface area contributed by atoms with Gasteiger partial charge >= 0.3 is 0 Å². The minimum atomic E-state index is -2.86. The molecule has 0 radical (unpaired) electrons. The zero-order valence-corrected chi connectivity index (χ0v) is 18.5. The van der Waals surface area contributed by atoms with E-state index < -0.39 is 23.8 Å². The van der Waals surface area contributed by atoms with E-state index in [1.54, 1.807) is 13.1 Å². The molecule has 0 bridgehead atoms. The number of hydrogen-bond donors (Lipinski definition) is 1. The third kappa shape index (κ3) is 4.50. The van der Waals surface area contributed by atoms with Crippen molar-refractivity contribution in [1.29, 1.82) is 0 Å². The number of fused-ring (bicyclic) bond motifs is 1. The summed E-state index contributed by atoms with van der Waals surface area (Å²) >= 11 is 0. The quantitative estimate of drug-likeness (QED) is 0.552. The number of rotatable bonds is 6. The lowest BCUT2D eigenvalue weighted by atomic mass is 10.0. The Balaban J connectivity index is 1.62. The maximum absolute atomic E-state index is 14.6. The van der Waals surface area contributed by atoms with Gasteiger partial charge in [-0.25, -0.2) is 13.2 Å². The van der Waals surface area contributed by atoms with Gasteiger partial charge in [-0.15, -0.1) is 0 Å². The van der Waals surface area contributed by atoms with Crippen LogP contribution in [0.3, 0.4) is 0 Å². The van der Waals surface area contributed by atoms with E-state index in [1.807, 2.05) is 12.1 Å². The summed E-state index contributed by atoms with van der Waals surface area (Å²) in [5.41, 5.74) is 2.07. The van der Waals surface area contributed by atoms with Crippen LogP contribution in [0.4, 0.5) is 24.5 Å². The van der Waals surface area contributed by atoms with Gasteiger partial charge in [-0.3, -0.25) is 0 Å². The Bertz CT molecular complexity index is 1080. The molecule has 3 aromatic rings. The van der Waals surface area contributed by atoms with Gasteiger partial charge < -0.3 is 15.1 Å². The maximum atomic E-state index is 14.6. The van der Waals surface area contributed by atoms with Gasteiger partial charge in [-0.1, -0.05) is 18.2 Å². The van der Waals surface area contributed by atoms with Crippen LogP contribution < -0.4 is 10.2 Å². The minimum absolute atomic E-state index is 0.187. The predicted octanol–water partition coefficient (Wildman–Crippen LogP) is 5.41. The standard InChI is InChI=1S/C24H28F3N5/c1-15(18-5-4-6-19(23(18)25)24(26)27)29-22-14-28-30-21-8-7-17(13-20(21)22)32(3)16-9-11-31(2)12-10-16/h4-8,13-16,24H,9-12H2,1-3H3,(H,29,30)/t15-/m1/s1. The fraction of sp³-hybridized carbons (Fsp3) is 0.417. The highest BCUT2D eigenvalue weighted by Crippen LogP contribution is 2.32. The van der Waals surface area contributed by atoms with Gasteiger partial charge in [0.05, 0.1) is 29.0 Å². The highest BCUT2D eigenvalue weighted by atomic mass is 19.3. The summed E-state index contributed by atoms with van der Waals surface area (Å²) in [4.78, 5) is 4.64. The van der Waals surface area contributed by atoms with Gasteiger partial charge in [0.1, 0.15) is 5.82 Å². The number of anilines is 2. The number of halogens is 3. The fourth-order valence-electron chi connectivity index (χ4n) is 4.36. The molecule has 1 N–H and O–H groups in total. The van der Waals surface area contributed by atoms with Crippen LogP contribution in [-0.2, 0) is 0 Å². The third-order valence-corrected chi connectivity index (χ3v) is 6.40. The molecule has 1 fully saturated rings. The maximum Gasteiger partial charge on any atom is 0.266 e. The van der Waals surface area contributed by atoms with Crippen LogP contribution in [0.1, 0.15) is 43.4 Å². The lowest BCUT2D eigenvalue weighted by molar-refractivity contribution is 0.146. The summed E-state index contributed by atoms with van der Waals surface area (Å²) in [6.45, 7) is 3.89. The molecular weight excluding hydrogens is 415 g/mol. The monoisotopic (exact) mass is 443 g/mol. The van der Waals surface area contributed by atoms with Gasteiger partial charge in [-0.2, -0.15) is 10.2 Å². The van der Waals surface area contributed by atoms with Crippen molar-refractivity contribution in [2.75, 3.05) is 37.4 Å². The van der Waals surface area contributed by atoms with Crippen LogP contribution in [0.5, 0.6) is 0 Å². The van der Waals surface area contributed by atoms with Crippen LogP contribution in [0.15, 0.2) is 42.6 Å². The summed E-state index contributed by atoms with van der Waals surface area (Å²) in [5.74, 6) is -0.878. The number of nitrogens with one attached hydrogen (secondary N) is 1. The second-order valence-corrected chi connectivity index (χ2v) is 8.52. The van der Waals surface area contributed by atoms with Gasteiger partial charge in [0.25, 0.3) is 6.43 Å². The molecule has 2 aromatic carbocycles. The fourth-order valence-corrected chi connectivity index (χ4v) is 4.36. The first-order valence-corrected chi connectivity index (χ1v) is 10.8. The highest BCUT2D eigenvalue weighted by Gasteiger charge is 2.22. The molecule has 0 amide bonds. The molecule has 1 aliphatic rings. The normalized spacial score (nSPS) is 16.5. The van der Waals surface area contributed by atoms with Crippen molar-refractivity contribution in [2.24, 2.45) is 0 Å². The largest absolute Gasteiger partial charge is 0.377 e. The Morgan fingerprint density at radius 3 is 2.56 bits per heavy atom. The number of likely N-dealkylation sites (tertiary alicyclic amines) is 1. The van der Waals surface area contributed by atoms with Gasteiger partial charge in [0, 0.05) is 29.7 Å². The summed E-state index contributed by atoms with van der Waals surface area (Å²) in [7, 11) is 4.25. The molecule has 1 atom stereocenters. The van der Waals surface area contributed by atoms with E-state index in [9.17, 15) is 13.2 Å². The Morgan fingerprint density at radius 2 is 1.84 bits per heavy atom. The molecule has 1 aromatic heterocycles. The van der Waals surface area contributed by atoms with E-state index in [0.29, 0.717) is 17.2 Å². The summed E-state index contributed by atoms with van der Waals surface area (Å²) in [6, 6.07) is 10.0. The molecule has 1 aliphatic heterocycles. The van der Waals surface area contributed by atoms with E-state index in [-0.39, 0.29) is 5.56 Å². The first-order chi connectivity index (χ1) is 15.3. The second-order valence-electron chi connectivity index (χ2n) is 8.52. The predicted molar refractivity (Wildman–Crippen MR) is 122 cm³/mol. The van der Waals surface area contributed by atoms with Crippen molar-refractivity contribution in [3.8, 4) is 0 Å². The molecule has 0 unspecified atom stereocenters. The van der Waals surface area contributed by atoms with E-state index in [4.69, 9.17) is 0 Å². The van der Waals surface area contributed by atoms with Crippen molar-refractivity contribution < 1.29 is 13.2 Å². The Kier molecular flexibility index (Phi) is 6.50. The number of benzene rings is 2. The number of piperidine rings is 1. The number of alkyl halides is 2. The Morgan fingerprint density at radius 1 is 1.12 bits per heavy atom. The average Bonchev–Trinajstić information content (AvgIpc) is 2.79. The number of aromatic nitrogens is 2. The zero-order valence-electron chi connectivity index (χ0n) is 18.5. The van der Waals surface area contributed by atoms with Crippen LogP contribution in [0.2, 0.25) is 0 Å². The average molecular weight is 444 g/mol. The van der Waals surface area contributed by atoms with Crippen LogP contribution in [-0.4, -0.2) is 48.3 Å². The van der Waals surface area contributed by atoms with Crippen LogP contribution in [0, 0.1) is 5.82 Å². The van der Waals surface area contributed by atoms with Crippen molar-refractivity contribution in [3.63, 3.8) is 0 Å². The van der Waals surface area contributed by atoms with Gasteiger partial charge in [0.15, 0.2) is 0 Å². The zero-order chi connectivity index (χ0) is 22.8. The number of nitrogens with zero attached hydrogens (tertiary/aromatic N) is 4. The first kappa shape index (κ1) is 22.3. The van der Waals surface area contributed by atoms with Crippen molar-refractivity contribution in [1.82, 2.24) is 15.1 Å². The lowest BCUT2D eigenvalue weighted by Crippen LogP contribution is -2.41. The minimum Gasteiger partial charge on any atom is -0.377 e. The van der Waals surface area contributed by atoms with Crippen molar-refractivity contribution in [3.05, 3.63) is 59.5 Å². The molecule has 0 spiro atoms. The van der Waals surface area contributed by atoms with Gasteiger partial charge in [0.2, 0.25) is 0 Å². The van der Waals surface area contributed by atoms with Gasteiger partial charge in [-0.05, 0) is 58.1 Å². The van der Waals surface area contributed by atoms with Crippen LogP contribution in [0.25, 0.3) is 10.9 Å². The molecule has 32 heavy (non-hydrogen) atoms. The molecule has 4 rings (SSSR count). The first-order valence-electron chi connectivity index (χ1n) is 10.8. The van der Waals surface area contributed by atoms with Crippen LogP contribution >= 0.6 is 0 Å². The molecule has 0 aliphatic carbocycles. The molecule has 8 heteroatoms. The second kappa shape index (κ2) is 9.32. The smallest absolute Gasteiger partial charge is 0.266 e. The third-order valence-electron chi connectivity index (χ3n) is 6.40. The molecule has 170 valence electrons. The molecule has 5 nitrogen and oxygen atoms in total. The molecule has 0 saturated carbocycles. The van der Waals surface area contributed by atoms with Crippen molar-refractivity contribution >= 4 is 22.3 Å². The summed E-state index contributed by atoms with van der Waals surface area (Å²) < 4.78 is 40.9. The van der Waals surface area contributed by atoms with E-state index in [2.05, 4.69) is 45.5 Å². The topological polar surface area (TPSA) is 44.3 Å². The van der Waals surface area contributed by atoms with E-state index in [1.165, 1.54) is 12.1 Å². The summed E-state index contributed by atoms with van der Waals surface area (Å²) in [6.07, 6.45) is 0.930. The highest BCUT2D eigenvalue weighted by molar-refractivity contribution is 5.93. The SMILES string of the molecule is C[C@@H](Nc1cnnc2ccc(N(C)C3CCN(C)CC3)cc12)c1cccc(C(F)F)c1F. The molecular formula is C24H28F3N5. The van der Waals surface area contributed by atoms with E-state index in [0.717, 1.165) is 43.1 Å². The van der Waals surface area contributed by atoms with E-state index >= 15 is 0 Å². The Hall–Kier alpha value is -2.87. The molecule has 2 heterocycles. The van der Waals surface area contributed by atoms with Crippen molar-refractivity contribution in [2.45, 2.75) is 38.3 Å². The number of hydrogen-bond acceptors (Lipinski definition) is 5. The molecule has 1 saturated heterocycles.